The van der Waals surface area contributed by atoms with Gasteiger partial charge in [0.05, 0.1) is 12.2 Å². The van der Waals surface area contributed by atoms with Gasteiger partial charge in [-0.25, -0.2) is 0 Å². The van der Waals surface area contributed by atoms with Gasteiger partial charge in [0.15, 0.2) is 0 Å². The number of furan rings is 1. The highest BCUT2D eigenvalue weighted by Crippen LogP contribution is 2.60. The van der Waals surface area contributed by atoms with Gasteiger partial charge in [-0.15, -0.1) is 0 Å². The predicted molar refractivity (Wildman–Crippen MR) is 117 cm³/mol. The van der Waals surface area contributed by atoms with E-state index in [1.54, 1.807) is 13.2 Å². The van der Waals surface area contributed by atoms with E-state index in [4.69, 9.17) is 13.9 Å². The van der Waals surface area contributed by atoms with Crippen LogP contribution in [0.4, 0.5) is 0 Å². The number of hydrogen-bond acceptors (Lipinski definition) is 6. The van der Waals surface area contributed by atoms with Crippen molar-refractivity contribution in [2.45, 2.75) is 85.9 Å². The van der Waals surface area contributed by atoms with Crippen LogP contribution in [-0.2, 0) is 30.3 Å². The molecule has 1 fully saturated rings. The van der Waals surface area contributed by atoms with Gasteiger partial charge in [0.1, 0.15) is 23.9 Å². The molecule has 32 heavy (non-hydrogen) atoms. The first-order chi connectivity index (χ1) is 15.0. The number of fused-ring (bicyclic) bond motifs is 2. The van der Waals surface area contributed by atoms with E-state index in [1.807, 2.05) is 34.6 Å². The summed E-state index contributed by atoms with van der Waals surface area (Å²) in [5, 5.41) is 10.3. The number of carbonyl (C=O) groups is 3. The van der Waals surface area contributed by atoms with Crippen molar-refractivity contribution in [2.24, 2.45) is 29.1 Å². The van der Waals surface area contributed by atoms with Gasteiger partial charge in [-0.1, -0.05) is 34.6 Å². The molecule has 7 nitrogen and oxygen atoms in total. The smallest absolute Gasteiger partial charge is 0.311 e. The zero-order valence-corrected chi connectivity index (χ0v) is 20.0. The van der Waals surface area contributed by atoms with Crippen molar-refractivity contribution in [2.75, 3.05) is 0 Å². The second-order valence-electron chi connectivity index (χ2n) is 10.2. The van der Waals surface area contributed by atoms with E-state index in [-0.39, 0.29) is 36.1 Å². The third-order valence-electron chi connectivity index (χ3n) is 7.46. The first kappa shape index (κ1) is 24.3. The van der Waals surface area contributed by atoms with Gasteiger partial charge in [-0.05, 0) is 43.6 Å². The zero-order valence-electron chi connectivity index (χ0n) is 20.0. The summed E-state index contributed by atoms with van der Waals surface area (Å²) < 4.78 is 17.6. The van der Waals surface area contributed by atoms with Gasteiger partial charge in [0, 0.05) is 23.8 Å². The number of rotatable bonds is 7. The van der Waals surface area contributed by atoms with E-state index < -0.39 is 29.5 Å². The molecule has 0 bridgehead atoms. The normalized spacial score (nSPS) is 30.2. The SMILES string of the molecule is CCC(C)C(=O)O[C@H]1CC[C@@H]2Cc3occ(C)c3[C@@H](OC(=O)CC(C)C)[C@]2(C)[C@H]1C(=O)O. The maximum atomic E-state index is 12.8. The average molecular weight is 449 g/mol. The van der Waals surface area contributed by atoms with Gasteiger partial charge < -0.3 is 19.0 Å². The van der Waals surface area contributed by atoms with E-state index in [0.29, 0.717) is 25.7 Å². The fourth-order valence-corrected chi connectivity index (χ4v) is 5.43. The first-order valence-corrected chi connectivity index (χ1v) is 11.7. The Labute approximate surface area is 189 Å². The Morgan fingerprint density at radius 3 is 2.50 bits per heavy atom. The van der Waals surface area contributed by atoms with E-state index >= 15 is 0 Å². The number of aliphatic carboxylic acids is 1. The largest absolute Gasteiger partial charge is 0.481 e. The minimum Gasteiger partial charge on any atom is -0.481 e. The molecule has 6 atom stereocenters. The van der Waals surface area contributed by atoms with Crippen LogP contribution in [0.25, 0.3) is 0 Å². The molecule has 1 saturated carbocycles. The predicted octanol–water partition coefficient (Wildman–Crippen LogP) is 4.85. The molecule has 0 spiro atoms. The van der Waals surface area contributed by atoms with Crippen molar-refractivity contribution in [1.29, 1.82) is 0 Å². The highest BCUT2D eigenvalue weighted by atomic mass is 16.6. The van der Waals surface area contributed by atoms with Crippen molar-refractivity contribution < 1.29 is 33.4 Å². The molecule has 0 aromatic carbocycles. The molecule has 1 unspecified atom stereocenters. The van der Waals surface area contributed by atoms with Crippen LogP contribution in [0.2, 0.25) is 0 Å². The maximum absolute atomic E-state index is 12.8. The highest BCUT2D eigenvalue weighted by molar-refractivity contribution is 5.76. The van der Waals surface area contributed by atoms with Crippen molar-refractivity contribution >= 4 is 17.9 Å². The molecule has 1 N–H and O–H groups in total. The Balaban J connectivity index is 2.04. The van der Waals surface area contributed by atoms with Crippen LogP contribution in [-0.4, -0.2) is 29.1 Å². The van der Waals surface area contributed by atoms with Crippen molar-refractivity contribution in [3.05, 3.63) is 23.2 Å². The number of esters is 2. The molecule has 0 aliphatic heterocycles. The molecule has 3 rings (SSSR count). The third kappa shape index (κ3) is 4.30. The summed E-state index contributed by atoms with van der Waals surface area (Å²) in [7, 11) is 0. The molecule has 1 aromatic rings. The van der Waals surface area contributed by atoms with Gasteiger partial charge in [0.25, 0.3) is 0 Å². The molecule has 1 aromatic heterocycles. The molecular formula is C25H36O7. The average Bonchev–Trinajstić information content (AvgIpc) is 3.06. The number of carboxylic acid groups (broad SMARTS) is 1. The maximum Gasteiger partial charge on any atom is 0.311 e. The number of ether oxygens (including phenoxy) is 2. The quantitative estimate of drug-likeness (QED) is 0.595. The summed E-state index contributed by atoms with van der Waals surface area (Å²) in [6.45, 7) is 11.3. The molecule has 1 heterocycles. The minimum atomic E-state index is -1.03. The monoisotopic (exact) mass is 448 g/mol. The molecule has 7 heteroatoms. The fourth-order valence-electron chi connectivity index (χ4n) is 5.43. The second kappa shape index (κ2) is 9.28. The molecule has 0 saturated heterocycles. The summed E-state index contributed by atoms with van der Waals surface area (Å²) in [5.74, 6) is -2.27. The van der Waals surface area contributed by atoms with Crippen LogP contribution in [0.1, 0.15) is 83.3 Å². The molecule has 2 aliphatic rings. The Hall–Kier alpha value is -2.31. The first-order valence-electron chi connectivity index (χ1n) is 11.7. The van der Waals surface area contributed by atoms with E-state index in [0.717, 1.165) is 16.9 Å². The number of carbonyl (C=O) groups excluding carboxylic acids is 2. The lowest BCUT2D eigenvalue weighted by Crippen LogP contribution is -2.57. The van der Waals surface area contributed by atoms with Gasteiger partial charge >= 0.3 is 17.9 Å². The summed E-state index contributed by atoms with van der Waals surface area (Å²) in [4.78, 5) is 37.9. The second-order valence-corrected chi connectivity index (χ2v) is 10.2. The van der Waals surface area contributed by atoms with E-state index in [2.05, 4.69) is 0 Å². The van der Waals surface area contributed by atoms with Crippen molar-refractivity contribution in [3.8, 4) is 0 Å². The standard InChI is InChI=1S/C25H36O7/c1-7-14(4)24(29)31-17-9-8-16-11-18-20(15(5)12-30-18)22(32-19(26)10-13(2)3)25(16,6)21(17)23(27)28/h12-14,16-17,21-22H,7-11H2,1-6H3,(H,27,28)/t14?,16-,17+,21-,22-,25+/m1/s1. The minimum absolute atomic E-state index is 0.0722. The summed E-state index contributed by atoms with van der Waals surface area (Å²) >= 11 is 0. The van der Waals surface area contributed by atoms with Crippen LogP contribution in [0.3, 0.4) is 0 Å². The van der Waals surface area contributed by atoms with Gasteiger partial charge in [0.2, 0.25) is 0 Å². The Kier molecular flexibility index (Phi) is 7.06. The molecule has 2 aliphatic carbocycles. The lowest BCUT2D eigenvalue weighted by molar-refractivity contribution is -0.201. The number of carboxylic acids is 1. The fraction of sp³-hybridized carbons (Fsp3) is 0.720. The molecule has 178 valence electrons. The zero-order chi connectivity index (χ0) is 23.8. The lowest BCUT2D eigenvalue weighted by Gasteiger charge is -2.54. The Morgan fingerprint density at radius 1 is 1.22 bits per heavy atom. The Bertz CT molecular complexity index is 870. The molecular weight excluding hydrogens is 412 g/mol. The van der Waals surface area contributed by atoms with Crippen LogP contribution >= 0.6 is 0 Å². The third-order valence-corrected chi connectivity index (χ3v) is 7.46. The topological polar surface area (TPSA) is 103 Å². The molecule has 0 radical (unpaired) electrons. The number of aryl methyl sites for hydroxylation is 1. The van der Waals surface area contributed by atoms with Gasteiger partial charge in [-0.2, -0.15) is 0 Å². The van der Waals surface area contributed by atoms with E-state index in [9.17, 15) is 19.5 Å². The van der Waals surface area contributed by atoms with Gasteiger partial charge in [-0.3, -0.25) is 14.4 Å². The van der Waals surface area contributed by atoms with Crippen molar-refractivity contribution in [1.82, 2.24) is 0 Å². The summed E-state index contributed by atoms with van der Waals surface area (Å²) in [5.41, 5.74) is 0.671. The number of hydrogen-bond donors (Lipinski definition) is 1. The van der Waals surface area contributed by atoms with Crippen LogP contribution in [0.5, 0.6) is 0 Å². The highest BCUT2D eigenvalue weighted by Gasteiger charge is 2.62. The van der Waals surface area contributed by atoms with E-state index in [1.165, 1.54) is 0 Å². The lowest BCUT2D eigenvalue weighted by atomic mass is 9.53. The Morgan fingerprint density at radius 2 is 1.91 bits per heavy atom. The van der Waals surface area contributed by atoms with Crippen LogP contribution in [0.15, 0.2) is 10.7 Å². The summed E-state index contributed by atoms with van der Waals surface area (Å²) in [6, 6.07) is 0. The van der Waals surface area contributed by atoms with Crippen LogP contribution in [0, 0.1) is 36.0 Å². The summed E-state index contributed by atoms with van der Waals surface area (Å²) in [6.07, 6.45) is 2.67. The van der Waals surface area contributed by atoms with Crippen molar-refractivity contribution in [3.63, 3.8) is 0 Å². The molecule has 0 amide bonds. The van der Waals surface area contributed by atoms with Crippen LogP contribution < -0.4 is 0 Å².